The van der Waals surface area contributed by atoms with Gasteiger partial charge in [0.05, 0.1) is 5.69 Å². The average molecular weight is 259 g/mol. The summed E-state index contributed by atoms with van der Waals surface area (Å²) in [7, 11) is 0. The van der Waals surface area contributed by atoms with E-state index in [1.807, 2.05) is 13.8 Å². The standard InChI is InChI=1S/C14H17N3O2/c1-8-13-10(3-6-12(18)19)7-17(11-4-5-11)14(13)16-9(2)15-8/h7,11H,3-6H2,1-2H3,(H,18,19). The predicted octanol–water partition coefficient (Wildman–Crippen LogP) is 2.40. The van der Waals surface area contributed by atoms with Crippen molar-refractivity contribution in [3.05, 3.63) is 23.3 Å². The van der Waals surface area contributed by atoms with E-state index >= 15 is 0 Å². The maximum absolute atomic E-state index is 10.8. The highest BCUT2D eigenvalue weighted by Gasteiger charge is 2.27. The quantitative estimate of drug-likeness (QED) is 0.915. The van der Waals surface area contributed by atoms with Crippen molar-refractivity contribution in [1.29, 1.82) is 0 Å². The molecule has 2 aromatic heterocycles. The maximum Gasteiger partial charge on any atom is 0.303 e. The number of carbonyl (C=O) groups is 1. The largest absolute Gasteiger partial charge is 0.481 e. The van der Waals surface area contributed by atoms with E-state index in [9.17, 15) is 4.79 Å². The van der Waals surface area contributed by atoms with E-state index in [0.717, 1.165) is 28.1 Å². The number of hydrogen-bond donors (Lipinski definition) is 1. The molecule has 0 unspecified atom stereocenters. The second-order valence-electron chi connectivity index (χ2n) is 5.24. The van der Waals surface area contributed by atoms with Crippen molar-refractivity contribution < 1.29 is 9.90 Å². The molecule has 5 nitrogen and oxygen atoms in total. The average Bonchev–Trinajstić information content (AvgIpc) is 3.09. The van der Waals surface area contributed by atoms with Crippen LogP contribution in [0.3, 0.4) is 0 Å². The molecule has 0 saturated heterocycles. The predicted molar refractivity (Wildman–Crippen MR) is 71.2 cm³/mol. The van der Waals surface area contributed by atoms with Crippen molar-refractivity contribution in [1.82, 2.24) is 14.5 Å². The lowest BCUT2D eigenvalue weighted by Gasteiger charge is -2.03. The molecule has 3 rings (SSSR count). The van der Waals surface area contributed by atoms with Gasteiger partial charge in [-0.25, -0.2) is 9.97 Å². The Balaban J connectivity index is 2.13. The summed E-state index contributed by atoms with van der Waals surface area (Å²) in [4.78, 5) is 19.7. The molecule has 1 saturated carbocycles. The van der Waals surface area contributed by atoms with E-state index in [2.05, 4.69) is 20.7 Å². The molecule has 0 spiro atoms. The first-order valence-corrected chi connectivity index (χ1v) is 6.62. The van der Waals surface area contributed by atoms with Gasteiger partial charge in [-0.2, -0.15) is 0 Å². The second-order valence-corrected chi connectivity index (χ2v) is 5.24. The molecule has 0 atom stereocenters. The molecule has 5 heteroatoms. The number of carboxylic acids is 1. The van der Waals surface area contributed by atoms with Gasteiger partial charge in [-0.3, -0.25) is 4.79 Å². The van der Waals surface area contributed by atoms with Gasteiger partial charge < -0.3 is 9.67 Å². The van der Waals surface area contributed by atoms with Crippen LogP contribution in [0.2, 0.25) is 0 Å². The Hall–Kier alpha value is -1.91. The van der Waals surface area contributed by atoms with Gasteiger partial charge >= 0.3 is 5.97 Å². The molecule has 1 aliphatic carbocycles. The molecule has 0 aromatic carbocycles. The van der Waals surface area contributed by atoms with E-state index in [0.29, 0.717) is 12.5 Å². The number of aryl methyl sites for hydroxylation is 3. The van der Waals surface area contributed by atoms with Crippen LogP contribution in [0.15, 0.2) is 6.20 Å². The number of rotatable bonds is 4. The highest BCUT2D eigenvalue weighted by Crippen LogP contribution is 2.39. The summed E-state index contributed by atoms with van der Waals surface area (Å²) in [6.45, 7) is 3.87. The van der Waals surface area contributed by atoms with Gasteiger partial charge in [0.15, 0.2) is 0 Å². The molecule has 2 heterocycles. The van der Waals surface area contributed by atoms with Crippen molar-refractivity contribution in [2.75, 3.05) is 0 Å². The van der Waals surface area contributed by atoms with E-state index in [-0.39, 0.29) is 6.42 Å². The molecule has 1 fully saturated rings. The lowest BCUT2D eigenvalue weighted by molar-refractivity contribution is -0.136. The summed E-state index contributed by atoms with van der Waals surface area (Å²) in [5, 5.41) is 9.89. The number of fused-ring (bicyclic) bond motifs is 1. The van der Waals surface area contributed by atoms with Crippen LogP contribution < -0.4 is 0 Å². The highest BCUT2D eigenvalue weighted by atomic mass is 16.4. The first-order valence-electron chi connectivity index (χ1n) is 6.62. The molecule has 19 heavy (non-hydrogen) atoms. The van der Waals surface area contributed by atoms with Crippen LogP contribution in [0.1, 0.15) is 42.4 Å². The fourth-order valence-corrected chi connectivity index (χ4v) is 2.61. The van der Waals surface area contributed by atoms with E-state index in [4.69, 9.17) is 5.11 Å². The van der Waals surface area contributed by atoms with Gasteiger partial charge in [-0.05, 0) is 38.7 Å². The number of carboxylic acid groups (broad SMARTS) is 1. The van der Waals surface area contributed by atoms with E-state index < -0.39 is 5.97 Å². The Bertz CT molecular complexity index is 656. The Labute approximate surface area is 111 Å². The van der Waals surface area contributed by atoms with Gasteiger partial charge in [-0.1, -0.05) is 0 Å². The molecule has 0 bridgehead atoms. The highest BCUT2D eigenvalue weighted by molar-refractivity contribution is 5.83. The first-order chi connectivity index (χ1) is 9.06. The second kappa shape index (κ2) is 4.33. The summed E-state index contributed by atoms with van der Waals surface area (Å²) in [6.07, 6.45) is 5.14. The van der Waals surface area contributed by atoms with E-state index in [1.54, 1.807) is 0 Å². The van der Waals surface area contributed by atoms with Crippen molar-refractivity contribution in [2.45, 2.75) is 45.6 Å². The Morgan fingerprint density at radius 1 is 1.42 bits per heavy atom. The molecular formula is C14H17N3O2. The Kier molecular flexibility index (Phi) is 2.77. The molecule has 100 valence electrons. The molecule has 1 aliphatic rings. The molecular weight excluding hydrogens is 242 g/mol. The van der Waals surface area contributed by atoms with Crippen LogP contribution >= 0.6 is 0 Å². The van der Waals surface area contributed by atoms with Gasteiger partial charge in [0.25, 0.3) is 0 Å². The van der Waals surface area contributed by atoms with Crippen molar-refractivity contribution in [3.8, 4) is 0 Å². The van der Waals surface area contributed by atoms with Crippen molar-refractivity contribution in [3.63, 3.8) is 0 Å². The fraction of sp³-hybridized carbons (Fsp3) is 0.500. The smallest absolute Gasteiger partial charge is 0.303 e. The van der Waals surface area contributed by atoms with E-state index in [1.165, 1.54) is 12.8 Å². The maximum atomic E-state index is 10.8. The third kappa shape index (κ3) is 2.20. The Morgan fingerprint density at radius 2 is 2.16 bits per heavy atom. The van der Waals surface area contributed by atoms with Crippen LogP contribution in [-0.4, -0.2) is 25.6 Å². The minimum atomic E-state index is -0.766. The molecule has 2 aromatic rings. The SMILES string of the molecule is Cc1nc(C)c2c(CCC(=O)O)cn(C3CC3)c2n1. The zero-order valence-electron chi connectivity index (χ0n) is 11.2. The monoisotopic (exact) mass is 259 g/mol. The van der Waals surface area contributed by atoms with Crippen LogP contribution in [0, 0.1) is 13.8 Å². The summed E-state index contributed by atoms with van der Waals surface area (Å²) >= 11 is 0. The molecule has 0 radical (unpaired) electrons. The van der Waals surface area contributed by atoms with Crippen LogP contribution in [-0.2, 0) is 11.2 Å². The summed E-state index contributed by atoms with van der Waals surface area (Å²) in [6, 6.07) is 0.537. The lowest BCUT2D eigenvalue weighted by atomic mass is 10.1. The minimum absolute atomic E-state index is 0.150. The third-order valence-electron chi connectivity index (χ3n) is 3.59. The van der Waals surface area contributed by atoms with Crippen LogP contribution in [0.5, 0.6) is 0 Å². The normalized spacial score (nSPS) is 15.1. The summed E-state index contributed by atoms with van der Waals surface area (Å²) in [5.41, 5.74) is 2.97. The van der Waals surface area contributed by atoms with Gasteiger partial charge in [0.1, 0.15) is 11.5 Å². The lowest BCUT2D eigenvalue weighted by Crippen LogP contribution is -1.98. The summed E-state index contributed by atoms with van der Waals surface area (Å²) < 4.78 is 2.20. The van der Waals surface area contributed by atoms with Crippen LogP contribution in [0.4, 0.5) is 0 Å². The zero-order chi connectivity index (χ0) is 13.6. The van der Waals surface area contributed by atoms with Gasteiger partial charge in [0.2, 0.25) is 0 Å². The van der Waals surface area contributed by atoms with Crippen LogP contribution in [0.25, 0.3) is 11.0 Å². The molecule has 0 amide bonds. The zero-order valence-corrected chi connectivity index (χ0v) is 11.2. The number of aliphatic carboxylic acids is 1. The Morgan fingerprint density at radius 3 is 2.79 bits per heavy atom. The summed E-state index contributed by atoms with van der Waals surface area (Å²) in [5.74, 6) is 0.00721. The first kappa shape index (κ1) is 12.1. The third-order valence-corrected chi connectivity index (χ3v) is 3.59. The number of hydrogen-bond acceptors (Lipinski definition) is 3. The molecule has 1 N–H and O–H groups in total. The van der Waals surface area contributed by atoms with Gasteiger partial charge in [0, 0.05) is 24.0 Å². The van der Waals surface area contributed by atoms with Crippen molar-refractivity contribution in [2.24, 2.45) is 0 Å². The number of nitrogens with zero attached hydrogens (tertiary/aromatic N) is 3. The molecule has 0 aliphatic heterocycles. The van der Waals surface area contributed by atoms with Crippen molar-refractivity contribution >= 4 is 17.0 Å². The minimum Gasteiger partial charge on any atom is -0.481 e. The van der Waals surface area contributed by atoms with Gasteiger partial charge in [-0.15, -0.1) is 0 Å². The fourth-order valence-electron chi connectivity index (χ4n) is 2.61. The topological polar surface area (TPSA) is 68.0 Å². The number of aromatic nitrogens is 3.